The van der Waals surface area contributed by atoms with E-state index in [1.54, 1.807) is 23.1 Å². The summed E-state index contributed by atoms with van der Waals surface area (Å²) in [6, 6.07) is 5.05. The molecule has 0 bridgehead atoms. The Kier molecular flexibility index (Phi) is 3.84. The number of rotatable bonds is 3. The summed E-state index contributed by atoms with van der Waals surface area (Å²) in [6.07, 6.45) is 3.24. The molecule has 0 unspecified atom stereocenters. The van der Waals surface area contributed by atoms with Gasteiger partial charge >= 0.3 is 0 Å². The van der Waals surface area contributed by atoms with E-state index in [4.69, 9.17) is 23.2 Å². The maximum Gasteiger partial charge on any atom is 0.240 e. The Hall–Kier alpha value is -1.26. The minimum absolute atomic E-state index is 0.0457. The van der Waals surface area contributed by atoms with Gasteiger partial charge in [0.15, 0.2) is 0 Å². The first-order valence-electron chi connectivity index (χ1n) is 7.09. The summed E-state index contributed by atoms with van der Waals surface area (Å²) in [5.41, 5.74) is -0.439. The normalized spacial score (nSPS) is 19.4. The van der Waals surface area contributed by atoms with Crippen LogP contribution >= 0.6 is 23.2 Å². The molecule has 1 heterocycles. The van der Waals surface area contributed by atoms with Gasteiger partial charge in [0.25, 0.3) is 0 Å². The van der Waals surface area contributed by atoms with Crippen molar-refractivity contribution in [2.45, 2.75) is 25.7 Å². The number of halogens is 2. The third-order valence-corrected chi connectivity index (χ3v) is 5.01. The number of carbonyl (C=O) groups is 2. The molecule has 2 fully saturated rings. The molecule has 21 heavy (non-hydrogen) atoms. The average Bonchev–Trinajstić information content (AvgIpc) is 3.10. The van der Waals surface area contributed by atoms with Gasteiger partial charge in [-0.05, 0) is 37.8 Å². The lowest BCUT2D eigenvalue weighted by Crippen LogP contribution is -2.41. The molecule has 1 aromatic carbocycles. The molecule has 1 aliphatic heterocycles. The minimum atomic E-state index is -0.893. The first-order chi connectivity index (χ1) is 10.0. The van der Waals surface area contributed by atoms with Gasteiger partial charge in [-0.15, -0.1) is 0 Å². The van der Waals surface area contributed by atoms with Gasteiger partial charge in [0.1, 0.15) is 5.41 Å². The van der Waals surface area contributed by atoms with Gasteiger partial charge in [-0.2, -0.15) is 0 Å². The number of hydrogen-bond donors (Lipinski definition) is 1. The van der Waals surface area contributed by atoms with Gasteiger partial charge in [0.05, 0.1) is 15.7 Å². The predicted molar refractivity (Wildman–Crippen MR) is 82.6 cm³/mol. The fraction of sp³-hybridized carbons (Fsp3) is 0.467. The lowest BCUT2D eigenvalue weighted by atomic mass is 10.0. The molecule has 0 radical (unpaired) electrons. The van der Waals surface area contributed by atoms with Crippen molar-refractivity contribution >= 4 is 40.7 Å². The van der Waals surface area contributed by atoms with Crippen LogP contribution in [0, 0.1) is 5.41 Å². The summed E-state index contributed by atoms with van der Waals surface area (Å²) in [6.45, 7) is 1.51. The standard InChI is InChI=1S/C15H16Cl2N2O2/c16-10-4-3-5-11(12(10)17)18-13(20)15(6-7-15)14(21)19-8-1-2-9-19/h3-5H,1-2,6-9H2,(H,18,20). The summed E-state index contributed by atoms with van der Waals surface area (Å²) in [4.78, 5) is 26.8. The van der Waals surface area contributed by atoms with Crippen molar-refractivity contribution in [1.82, 2.24) is 4.90 Å². The predicted octanol–water partition coefficient (Wildman–Crippen LogP) is 3.33. The highest BCUT2D eigenvalue weighted by atomic mass is 35.5. The number of carbonyl (C=O) groups excluding carboxylic acids is 2. The zero-order valence-corrected chi connectivity index (χ0v) is 13.0. The van der Waals surface area contributed by atoms with Gasteiger partial charge < -0.3 is 10.2 Å². The Bertz CT molecular complexity index is 593. The second-order valence-corrected chi connectivity index (χ2v) is 6.42. The molecule has 2 aliphatic rings. The molecule has 1 aromatic rings. The molecular formula is C15H16Cl2N2O2. The molecule has 2 amide bonds. The zero-order valence-electron chi connectivity index (χ0n) is 11.5. The van der Waals surface area contributed by atoms with E-state index in [9.17, 15) is 9.59 Å². The van der Waals surface area contributed by atoms with Crippen molar-refractivity contribution in [1.29, 1.82) is 0 Å². The molecule has 4 nitrogen and oxygen atoms in total. The van der Waals surface area contributed by atoms with Crippen molar-refractivity contribution in [3.8, 4) is 0 Å². The highest BCUT2D eigenvalue weighted by Gasteiger charge is 2.58. The van der Waals surface area contributed by atoms with Crippen LogP contribution in [0.5, 0.6) is 0 Å². The summed E-state index contributed by atoms with van der Waals surface area (Å²) < 4.78 is 0. The van der Waals surface area contributed by atoms with Crippen LogP contribution in [0.15, 0.2) is 18.2 Å². The van der Waals surface area contributed by atoms with Crippen molar-refractivity contribution in [3.63, 3.8) is 0 Å². The number of anilines is 1. The van der Waals surface area contributed by atoms with E-state index >= 15 is 0 Å². The van der Waals surface area contributed by atoms with Crippen LogP contribution in [0.3, 0.4) is 0 Å². The summed E-state index contributed by atoms with van der Waals surface area (Å²) in [5, 5.41) is 3.44. The Morgan fingerprint density at radius 1 is 1.14 bits per heavy atom. The molecule has 0 atom stereocenters. The van der Waals surface area contributed by atoms with Crippen LogP contribution in [-0.2, 0) is 9.59 Å². The first kappa shape index (κ1) is 14.7. The molecule has 1 saturated carbocycles. The van der Waals surface area contributed by atoms with E-state index in [2.05, 4.69) is 5.32 Å². The smallest absolute Gasteiger partial charge is 0.240 e. The molecule has 3 rings (SSSR count). The molecule has 0 spiro atoms. The van der Waals surface area contributed by atoms with Crippen LogP contribution in [0.1, 0.15) is 25.7 Å². The number of hydrogen-bond acceptors (Lipinski definition) is 2. The Labute approximate surface area is 133 Å². The second-order valence-electron chi connectivity index (χ2n) is 5.64. The fourth-order valence-corrected chi connectivity index (χ4v) is 3.08. The molecule has 1 N–H and O–H groups in total. The van der Waals surface area contributed by atoms with Crippen LogP contribution in [0.4, 0.5) is 5.69 Å². The fourth-order valence-electron chi connectivity index (χ4n) is 2.73. The number of nitrogens with one attached hydrogen (secondary N) is 1. The van der Waals surface area contributed by atoms with Crippen molar-refractivity contribution < 1.29 is 9.59 Å². The Balaban J connectivity index is 1.75. The quantitative estimate of drug-likeness (QED) is 0.866. The summed E-state index contributed by atoms with van der Waals surface area (Å²) in [7, 11) is 0. The maximum absolute atomic E-state index is 12.5. The van der Waals surface area contributed by atoms with Crippen LogP contribution in [-0.4, -0.2) is 29.8 Å². The third kappa shape index (κ3) is 2.62. The molecular weight excluding hydrogens is 311 g/mol. The van der Waals surface area contributed by atoms with Crippen molar-refractivity contribution in [2.24, 2.45) is 5.41 Å². The number of nitrogens with zero attached hydrogens (tertiary/aromatic N) is 1. The summed E-state index contributed by atoms with van der Waals surface area (Å²) >= 11 is 12.0. The second kappa shape index (κ2) is 5.50. The highest BCUT2D eigenvalue weighted by molar-refractivity contribution is 6.44. The van der Waals surface area contributed by atoms with E-state index in [1.807, 2.05) is 0 Å². The topological polar surface area (TPSA) is 49.4 Å². The van der Waals surface area contributed by atoms with E-state index < -0.39 is 5.41 Å². The lowest BCUT2D eigenvalue weighted by Gasteiger charge is -2.22. The molecule has 112 valence electrons. The zero-order chi connectivity index (χ0) is 15.0. The van der Waals surface area contributed by atoms with Gasteiger partial charge in [0.2, 0.25) is 11.8 Å². The number of benzene rings is 1. The van der Waals surface area contributed by atoms with Crippen molar-refractivity contribution in [3.05, 3.63) is 28.2 Å². The van der Waals surface area contributed by atoms with Crippen LogP contribution in [0.25, 0.3) is 0 Å². The van der Waals surface area contributed by atoms with Crippen molar-refractivity contribution in [2.75, 3.05) is 18.4 Å². The molecule has 6 heteroatoms. The minimum Gasteiger partial charge on any atom is -0.342 e. The van der Waals surface area contributed by atoms with E-state index in [-0.39, 0.29) is 11.8 Å². The molecule has 0 aromatic heterocycles. The maximum atomic E-state index is 12.5. The SMILES string of the molecule is O=C(Nc1cccc(Cl)c1Cl)C1(C(=O)N2CCCC2)CC1. The Morgan fingerprint density at radius 2 is 1.81 bits per heavy atom. The van der Waals surface area contributed by atoms with Crippen LogP contribution < -0.4 is 5.32 Å². The van der Waals surface area contributed by atoms with E-state index in [0.717, 1.165) is 25.9 Å². The van der Waals surface area contributed by atoms with E-state index in [1.165, 1.54) is 0 Å². The Morgan fingerprint density at radius 3 is 2.43 bits per heavy atom. The largest absolute Gasteiger partial charge is 0.342 e. The highest BCUT2D eigenvalue weighted by Crippen LogP contribution is 2.49. The van der Waals surface area contributed by atoms with Gasteiger partial charge in [-0.25, -0.2) is 0 Å². The number of likely N-dealkylation sites (tertiary alicyclic amines) is 1. The third-order valence-electron chi connectivity index (χ3n) is 4.19. The molecule has 1 aliphatic carbocycles. The van der Waals surface area contributed by atoms with Gasteiger partial charge in [0, 0.05) is 13.1 Å². The lowest BCUT2D eigenvalue weighted by molar-refractivity contribution is -0.141. The van der Waals surface area contributed by atoms with Gasteiger partial charge in [-0.3, -0.25) is 9.59 Å². The monoisotopic (exact) mass is 326 g/mol. The number of amides is 2. The van der Waals surface area contributed by atoms with Crippen LogP contribution in [0.2, 0.25) is 10.0 Å². The van der Waals surface area contributed by atoms with Gasteiger partial charge in [-0.1, -0.05) is 29.3 Å². The summed E-state index contributed by atoms with van der Waals surface area (Å²) in [5.74, 6) is -0.320. The molecule has 1 saturated heterocycles. The van der Waals surface area contributed by atoms with E-state index in [0.29, 0.717) is 28.6 Å². The average molecular weight is 327 g/mol. The first-order valence-corrected chi connectivity index (χ1v) is 7.85.